The van der Waals surface area contributed by atoms with E-state index in [-0.39, 0.29) is 31.6 Å². The molecule has 2 fully saturated rings. The monoisotopic (exact) mass is 923 g/mol. The molecule has 2 saturated heterocycles. The van der Waals surface area contributed by atoms with Gasteiger partial charge in [0.25, 0.3) is 0 Å². The maximum Gasteiger partial charge on any atom is 0.311 e. The van der Waals surface area contributed by atoms with Crippen LogP contribution in [0.3, 0.4) is 0 Å². The normalized spacial score (nSPS) is 42.0. The number of aliphatic carboxylic acids is 1. The van der Waals surface area contributed by atoms with Gasteiger partial charge in [-0.3, -0.25) is 9.59 Å². The molecule has 3 heterocycles. The summed E-state index contributed by atoms with van der Waals surface area (Å²) in [7, 11) is 0. The molecular weight excluding hydrogens is 851 g/mol. The van der Waals surface area contributed by atoms with Crippen molar-refractivity contribution in [1.82, 2.24) is 0 Å². The van der Waals surface area contributed by atoms with E-state index in [0.29, 0.717) is 0 Å². The maximum atomic E-state index is 12.6. The average Bonchev–Trinajstić information content (AvgIpc) is 3.21. The van der Waals surface area contributed by atoms with Crippen LogP contribution in [-0.4, -0.2) is 166 Å². The minimum atomic E-state index is -2.33. The first-order chi connectivity index (χ1) is 30.6. The van der Waals surface area contributed by atoms with E-state index in [0.717, 1.165) is 0 Å². The summed E-state index contributed by atoms with van der Waals surface area (Å²) in [6.45, 7) is 6.74. The van der Waals surface area contributed by atoms with E-state index in [9.17, 15) is 65.8 Å². The van der Waals surface area contributed by atoms with Crippen LogP contribution < -0.4 is 5.73 Å². The van der Waals surface area contributed by atoms with Crippen LogP contribution in [0.4, 0.5) is 0 Å². The molecule has 0 radical (unpaired) electrons. The number of nitrogens with two attached hydrogens (primary N) is 1. The molecule has 0 unspecified atom stereocenters. The summed E-state index contributed by atoms with van der Waals surface area (Å²) in [6.07, 6.45) is 3.46. The molecule has 3 aliphatic heterocycles. The minimum Gasteiger partial charge on any atom is -0.481 e. The van der Waals surface area contributed by atoms with Crippen LogP contribution in [0.15, 0.2) is 85.1 Å². The van der Waals surface area contributed by atoms with Gasteiger partial charge in [0.2, 0.25) is 0 Å². The van der Waals surface area contributed by atoms with Crippen molar-refractivity contribution in [3.05, 3.63) is 85.1 Å². The summed E-state index contributed by atoms with van der Waals surface area (Å²) < 4.78 is 23.1. The largest absolute Gasteiger partial charge is 0.481 e. The molecule has 0 aromatic carbocycles. The predicted octanol–water partition coefficient (Wildman–Crippen LogP) is 0.712. The second-order valence-electron chi connectivity index (χ2n) is 17.6. The van der Waals surface area contributed by atoms with Gasteiger partial charge in [0.05, 0.1) is 79.6 Å². The van der Waals surface area contributed by atoms with E-state index in [1.807, 2.05) is 19.1 Å². The van der Waals surface area contributed by atoms with Crippen molar-refractivity contribution in [2.24, 2.45) is 23.5 Å². The van der Waals surface area contributed by atoms with E-state index in [2.05, 4.69) is 0 Å². The van der Waals surface area contributed by atoms with E-state index < -0.39 is 147 Å². The van der Waals surface area contributed by atoms with Crippen LogP contribution >= 0.6 is 0 Å². The number of rotatable bonds is 3. The van der Waals surface area contributed by atoms with E-state index in [4.69, 9.17) is 24.7 Å². The standard InChI is InChI=1S/C47H73NO17/c1-27-17-15-13-11-9-7-5-6-8-10-12-14-16-18-34(64-46-44(58)41(48)43(57)30(4)63-46)24-38-40(45(59)60)37(54)26-47(61,65-38)25-33(51)22-36(53)35(52)20-19-31(49)21-32(50)23-39(55)62-29(3)28(2)42(27)56/h5-18,27-38,40-44,46,49-54,56-58,61H,19-26,48H2,1-4H3,(H,59,60)/t27-,28+,29-,30-,31+,32+,33-,34+,35-,36+,37+,38-,40+,41+,42-,43+,44-,46+,47+/m0/s1. The van der Waals surface area contributed by atoms with Crippen LogP contribution in [0.25, 0.3) is 0 Å². The van der Waals surface area contributed by atoms with Gasteiger partial charge in [-0.2, -0.15) is 0 Å². The lowest BCUT2D eigenvalue weighted by molar-refractivity contribution is -0.308. The van der Waals surface area contributed by atoms with Crippen molar-refractivity contribution in [2.75, 3.05) is 0 Å². The number of carbonyl (C=O) groups excluding carboxylic acids is 1. The zero-order chi connectivity index (χ0) is 48.4. The molecule has 3 rings (SSSR count). The van der Waals surface area contributed by atoms with Gasteiger partial charge in [0.1, 0.15) is 18.1 Å². The highest BCUT2D eigenvalue weighted by atomic mass is 16.7. The maximum absolute atomic E-state index is 12.6. The third-order valence-corrected chi connectivity index (χ3v) is 12.0. The molecule has 65 heavy (non-hydrogen) atoms. The van der Waals surface area contributed by atoms with Gasteiger partial charge in [-0.05, 0) is 33.1 Å². The lowest BCUT2D eigenvalue weighted by atomic mass is 9.82. The Labute approximate surface area is 381 Å². The second kappa shape index (κ2) is 27.4. The number of ether oxygens (including phenoxy) is 4. The molecule has 3 aliphatic rings. The first-order valence-corrected chi connectivity index (χ1v) is 22.3. The second-order valence-corrected chi connectivity index (χ2v) is 17.6. The smallest absolute Gasteiger partial charge is 0.311 e. The number of aliphatic hydroxyl groups is 10. The Bertz CT molecular complexity index is 1670. The predicted molar refractivity (Wildman–Crippen MR) is 237 cm³/mol. The zero-order valence-corrected chi connectivity index (χ0v) is 37.6. The van der Waals surface area contributed by atoms with Gasteiger partial charge in [-0.1, -0.05) is 98.9 Å². The number of carboxylic acids is 1. The zero-order valence-electron chi connectivity index (χ0n) is 37.6. The van der Waals surface area contributed by atoms with Crippen LogP contribution in [0.1, 0.15) is 79.1 Å². The molecule has 0 aromatic rings. The molecule has 18 nitrogen and oxygen atoms in total. The molecule has 0 amide bonds. The van der Waals surface area contributed by atoms with Gasteiger partial charge < -0.3 is 80.9 Å². The fraction of sp³-hybridized carbons (Fsp3) is 0.660. The average molecular weight is 924 g/mol. The van der Waals surface area contributed by atoms with Gasteiger partial charge in [0, 0.05) is 37.5 Å². The first kappa shape index (κ1) is 55.9. The van der Waals surface area contributed by atoms with Crippen LogP contribution in [-0.2, 0) is 28.5 Å². The van der Waals surface area contributed by atoms with E-state index >= 15 is 0 Å². The topological polar surface area (TPSA) is 320 Å². The van der Waals surface area contributed by atoms with E-state index in [1.54, 1.807) is 80.7 Å². The van der Waals surface area contributed by atoms with Gasteiger partial charge in [0.15, 0.2) is 12.1 Å². The van der Waals surface area contributed by atoms with Crippen molar-refractivity contribution in [1.29, 1.82) is 0 Å². The number of carboxylic acid groups (broad SMARTS) is 1. The molecule has 13 N–H and O–H groups in total. The Kier molecular flexibility index (Phi) is 23.6. The van der Waals surface area contributed by atoms with Crippen molar-refractivity contribution < 1.29 is 84.7 Å². The number of esters is 1. The molecule has 0 aromatic heterocycles. The van der Waals surface area contributed by atoms with Crippen molar-refractivity contribution >= 4 is 11.9 Å². The Morgan fingerprint density at radius 3 is 1.82 bits per heavy atom. The van der Waals surface area contributed by atoms with Gasteiger partial charge >= 0.3 is 11.9 Å². The van der Waals surface area contributed by atoms with Crippen LogP contribution in [0, 0.1) is 17.8 Å². The highest BCUT2D eigenvalue weighted by Crippen LogP contribution is 2.38. The van der Waals surface area contributed by atoms with Crippen molar-refractivity contribution in [3.8, 4) is 0 Å². The van der Waals surface area contributed by atoms with Crippen molar-refractivity contribution in [2.45, 2.75) is 177 Å². The highest BCUT2D eigenvalue weighted by Gasteiger charge is 2.51. The number of hydrogen-bond donors (Lipinski definition) is 12. The SMILES string of the molecule is C[C@H]1[C@@H](O)[C@@H](C)C=CC=CC=CC=CC=CC=CC=C[C@@H](O[C@H]2O[C@@H](C)[C@@H](O)[C@@H](N)[C@@H]2O)C[C@@H]2O[C@](O)(C[C@@H](O)C[C@@H](O)[C@@H](O)CC[C@@H](O)C[C@@H](O)CC(=O)O[C@H]1C)C[C@@H](O)[C@H]2C(=O)O. The summed E-state index contributed by atoms with van der Waals surface area (Å²) in [6, 6.07) is -1.15. The summed E-state index contributed by atoms with van der Waals surface area (Å²) in [5, 5.41) is 118. The number of aliphatic hydroxyl groups excluding tert-OH is 9. The number of cyclic esters (lactones) is 1. The number of allylic oxidation sites excluding steroid dienone is 12. The summed E-state index contributed by atoms with van der Waals surface area (Å²) >= 11 is 0. The number of hydrogen-bond acceptors (Lipinski definition) is 17. The summed E-state index contributed by atoms with van der Waals surface area (Å²) in [4.78, 5) is 25.1. The van der Waals surface area contributed by atoms with Gasteiger partial charge in [-0.25, -0.2) is 0 Å². The Morgan fingerprint density at radius 2 is 1.23 bits per heavy atom. The fourth-order valence-corrected chi connectivity index (χ4v) is 7.97. The Hall–Kier alpha value is -3.44. The molecule has 0 spiro atoms. The fourth-order valence-electron chi connectivity index (χ4n) is 7.97. The molecule has 19 atom stereocenters. The molecule has 2 bridgehead atoms. The Morgan fingerprint density at radius 1 is 0.662 bits per heavy atom. The minimum absolute atomic E-state index is 0.107. The lowest BCUT2D eigenvalue weighted by Gasteiger charge is -2.45. The Balaban J connectivity index is 1.86. The third-order valence-electron chi connectivity index (χ3n) is 12.0. The molecule has 368 valence electrons. The number of fused-ring (bicyclic) bond motifs is 2. The molecule has 0 aliphatic carbocycles. The van der Waals surface area contributed by atoms with Gasteiger partial charge in [-0.15, -0.1) is 0 Å². The molecule has 0 saturated carbocycles. The number of carbonyl (C=O) groups is 2. The summed E-state index contributed by atoms with van der Waals surface area (Å²) in [5.74, 6) is -6.83. The molecular formula is C47H73NO17. The van der Waals surface area contributed by atoms with Crippen molar-refractivity contribution in [3.63, 3.8) is 0 Å². The highest BCUT2D eigenvalue weighted by molar-refractivity contribution is 5.71. The lowest BCUT2D eigenvalue weighted by Crippen LogP contribution is -2.61. The third kappa shape index (κ3) is 18.6. The molecule has 18 heteroatoms. The van der Waals surface area contributed by atoms with E-state index in [1.165, 1.54) is 13.0 Å². The first-order valence-electron chi connectivity index (χ1n) is 22.3. The van der Waals surface area contributed by atoms with Crippen LogP contribution in [0.2, 0.25) is 0 Å². The van der Waals surface area contributed by atoms with Crippen LogP contribution in [0.5, 0.6) is 0 Å². The summed E-state index contributed by atoms with van der Waals surface area (Å²) in [5.41, 5.74) is 6.02. The quantitative estimate of drug-likeness (QED) is 0.174.